The molecular weight excluding hydrogens is 316 g/mol. The van der Waals surface area contributed by atoms with Crippen molar-refractivity contribution in [3.8, 4) is 0 Å². The minimum absolute atomic E-state index is 0.230. The van der Waals surface area contributed by atoms with Gasteiger partial charge in [-0.1, -0.05) is 12.1 Å². The molecule has 1 fully saturated rings. The van der Waals surface area contributed by atoms with Crippen LogP contribution in [-0.2, 0) is 16.4 Å². The summed E-state index contributed by atoms with van der Waals surface area (Å²) in [7, 11) is -3.29. The number of benzene rings is 1. The van der Waals surface area contributed by atoms with E-state index in [1.54, 1.807) is 19.1 Å². The normalized spacial score (nSPS) is 16.5. The lowest BCUT2D eigenvalue weighted by molar-refractivity contribution is 0.211. The standard InChI is InChI=1S/C16H20N2O4S/c1-9-7-11(5-6-13(9)23(2,21)22)16(20)14-12(8-19)17-18-15(14)10-3-4-10/h5-7,10,16,19-20H,3-4,8H2,1-2H3,(H,17,18). The number of hydrogen-bond donors (Lipinski definition) is 3. The maximum Gasteiger partial charge on any atom is 0.175 e. The van der Waals surface area contributed by atoms with Crippen LogP contribution in [0, 0.1) is 6.92 Å². The molecule has 124 valence electrons. The average Bonchev–Trinajstić information content (AvgIpc) is 3.24. The van der Waals surface area contributed by atoms with Crippen molar-refractivity contribution in [3.05, 3.63) is 46.3 Å². The van der Waals surface area contributed by atoms with Crippen LogP contribution in [0.25, 0.3) is 0 Å². The first-order valence-corrected chi connectivity index (χ1v) is 9.38. The highest BCUT2D eigenvalue weighted by Gasteiger charge is 2.33. The maximum atomic E-state index is 11.7. The Labute approximate surface area is 135 Å². The molecule has 23 heavy (non-hydrogen) atoms. The second-order valence-electron chi connectivity index (χ2n) is 6.13. The van der Waals surface area contributed by atoms with Crippen LogP contribution in [0.2, 0.25) is 0 Å². The minimum Gasteiger partial charge on any atom is -0.390 e. The van der Waals surface area contributed by atoms with Gasteiger partial charge in [-0.3, -0.25) is 5.10 Å². The first-order chi connectivity index (χ1) is 10.8. The Morgan fingerprint density at radius 3 is 2.61 bits per heavy atom. The van der Waals surface area contributed by atoms with Crippen molar-refractivity contribution >= 4 is 9.84 Å². The minimum atomic E-state index is -3.29. The fourth-order valence-electron chi connectivity index (χ4n) is 2.92. The molecule has 0 amide bonds. The van der Waals surface area contributed by atoms with Crippen LogP contribution in [0.3, 0.4) is 0 Å². The lowest BCUT2D eigenvalue weighted by Crippen LogP contribution is -2.07. The zero-order valence-corrected chi connectivity index (χ0v) is 13.9. The third-order valence-electron chi connectivity index (χ3n) is 4.22. The number of aliphatic hydroxyl groups excluding tert-OH is 2. The van der Waals surface area contributed by atoms with Gasteiger partial charge in [-0.25, -0.2) is 8.42 Å². The summed E-state index contributed by atoms with van der Waals surface area (Å²) in [5.41, 5.74) is 3.09. The van der Waals surface area contributed by atoms with Gasteiger partial charge in [0.1, 0.15) is 6.10 Å². The monoisotopic (exact) mass is 336 g/mol. The number of nitrogens with one attached hydrogen (secondary N) is 1. The first-order valence-electron chi connectivity index (χ1n) is 7.49. The Kier molecular flexibility index (Phi) is 4.03. The van der Waals surface area contributed by atoms with Gasteiger partial charge >= 0.3 is 0 Å². The molecule has 1 aliphatic carbocycles. The quantitative estimate of drug-likeness (QED) is 0.769. The molecule has 3 rings (SSSR count). The average molecular weight is 336 g/mol. The molecule has 1 aromatic carbocycles. The summed E-state index contributed by atoms with van der Waals surface area (Å²) in [4.78, 5) is 0.255. The summed E-state index contributed by atoms with van der Waals surface area (Å²) in [6.45, 7) is 1.48. The summed E-state index contributed by atoms with van der Waals surface area (Å²) in [5.74, 6) is 0.326. The van der Waals surface area contributed by atoms with Gasteiger partial charge in [0.05, 0.1) is 22.9 Å². The largest absolute Gasteiger partial charge is 0.390 e. The van der Waals surface area contributed by atoms with Crippen molar-refractivity contribution in [1.29, 1.82) is 0 Å². The number of aryl methyl sites for hydroxylation is 1. The van der Waals surface area contributed by atoms with E-state index in [1.807, 2.05) is 0 Å². The SMILES string of the molecule is Cc1cc(C(O)c2c(C3CC3)n[nH]c2CO)ccc1S(C)(=O)=O. The third kappa shape index (κ3) is 3.04. The van der Waals surface area contributed by atoms with Crippen LogP contribution in [0.1, 0.15) is 52.9 Å². The van der Waals surface area contributed by atoms with Crippen molar-refractivity contribution < 1.29 is 18.6 Å². The fourth-order valence-corrected chi connectivity index (χ4v) is 3.88. The molecule has 2 aromatic rings. The van der Waals surface area contributed by atoms with Gasteiger partial charge in [0, 0.05) is 17.7 Å². The van der Waals surface area contributed by atoms with Crippen molar-refractivity contribution in [2.75, 3.05) is 6.26 Å². The van der Waals surface area contributed by atoms with E-state index in [1.165, 1.54) is 6.07 Å². The Balaban J connectivity index is 2.03. The molecular formula is C16H20N2O4S. The Bertz CT molecular complexity index is 838. The Morgan fingerprint density at radius 1 is 1.39 bits per heavy atom. The number of aliphatic hydroxyl groups is 2. The molecule has 1 aliphatic rings. The summed E-state index contributed by atoms with van der Waals surface area (Å²) in [5, 5.41) is 27.2. The zero-order chi connectivity index (χ0) is 16.8. The smallest absolute Gasteiger partial charge is 0.175 e. The lowest BCUT2D eigenvalue weighted by Gasteiger charge is -2.15. The fraction of sp³-hybridized carbons (Fsp3) is 0.438. The second-order valence-corrected chi connectivity index (χ2v) is 8.12. The Hall–Kier alpha value is -1.70. The van der Waals surface area contributed by atoms with Gasteiger partial charge in [-0.15, -0.1) is 0 Å². The van der Waals surface area contributed by atoms with Crippen molar-refractivity contribution in [2.24, 2.45) is 0 Å². The van der Waals surface area contributed by atoms with Gasteiger partial charge in [-0.2, -0.15) is 5.10 Å². The molecule has 0 aliphatic heterocycles. The predicted octanol–water partition coefficient (Wildman–Crippen LogP) is 1.57. The molecule has 0 bridgehead atoms. The lowest BCUT2D eigenvalue weighted by atomic mass is 9.96. The molecule has 1 atom stereocenters. The highest BCUT2D eigenvalue weighted by molar-refractivity contribution is 7.90. The molecule has 7 heteroatoms. The van der Waals surface area contributed by atoms with Crippen molar-refractivity contribution in [2.45, 2.75) is 43.3 Å². The van der Waals surface area contributed by atoms with Gasteiger partial charge in [0.2, 0.25) is 0 Å². The predicted molar refractivity (Wildman–Crippen MR) is 84.8 cm³/mol. The number of hydrogen-bond acceptors (Lipinski definition) is 5. The molecule has 6 nitrogen and oxygen atoms in total. The number of sulfone groups is 1. The number of H-pyrrole nitrogens is 1. The molecule has 3 N–H and O–H groups in total. The van der Waals surface area contributed by atoms with Crippen LogP contribution in [0.4, 0.5) is 0 Å². The van der Waals surface area contributed by atoms with E-state index in [-0.39, 0.29) is 11.5 Å². The van der Waals surface area contributed by atoms with Gasteiger partial charge < -0.3 is 10.2 Å². The highest BCUT2D eigenvalue weighted by Crippen LogP contribution is 2.43. The van der Waals surface area contributed by atoms with Crippen LogP contribution in [0.5, 0.6) is 0 Å². The van der Waals surface area contributed by atoms with Crippen LogP contribution in [-0.4, -0.2) is 35.1 Å². The van der Waals surface area contributed by atoms with E-state index in [0.717, 1.165) is 24.8 Å². The van der Waals surface area contributed by atoms with Crippen molar-refractivity contribution in [3.63, 3.8) is 0 Å². The third-order valence-corrected chi connectivity index (χ3v) is 5.48. The van der Waals surface area contributed by atoms with Crippen molar-refractivity contribution in [1.82, 2.24) is 10.2 Å². The van der Waals surface area contributed by atoms with Crippen LogP contribution < -0.4 is 0 Å². The molecule has 0 saturated heterocycles. The van der Waals surface area contributed by atoms with E-state index in [2.05, 4.69) is 10.2 Å². The number of aromatic nitrogens is 2. The number of nitrogens with zero attached hydrogens (tertiary/aromatic N) is 1. The molecule has 1 unspecified atom stereocenters. The van der Waals surface area contributed by atoms with E-state index in [4.69, 9.17) is 0 Å². The maximum absolute atomic E-state index is 11.7. The molecule has 1 saturated carbocycles. The van der Waals surface area contributed by atoms with E-state index in [0.29, 0.717) is 28.3 Å². The molecule has 0 radical (unpaired) electrons. The van der Waals surface area contributed by atoms with Gasteiger partial charge in [0.25, 0.3) is 0 Å². The van der Waals surface area contributed by atoms with Gasteiger partial charge in [0.15, 0.2) is 9.84 Å². The highest BCUT2D eigenvalue weighted by atomic mass is 32.2. The van der Waals surface area contributed by atoms with E-state index in [9.17, 15) is 18.6 Å². The summed E-state index contributed by atoms with van der Waals surface area (Å²) in [6, 6.07) is 4.80. The molecule has 0 spiro atoms. The van der Waals surface area contributed by atoms with Crippen LogP contribution in [0.15, 0.2) is 23.1 Å². The summed E-state index contributed by atoms with van der Waals surface area (Å²) in [6.07, 6.45) is 2.28. The summed E-state index contributed by atoms with van der Waals surface area (Å²) >= 11 is 0. The zero-order valence-electron chi connectivity index (χ0n) is 13.1. The van der Waals surface area contributed by atoms with Crippen LogP contribution >= 0.6 is 0 Å². The second kappa shape index (κ2) is 5.74. The van der Waals surface area contributed by atoms with Gasteiger partial charge in [-0.05, 0) is 37.0 Å². The first kappa shape index (κ1) is 16.2. The van der Waals surface area contributed by atoms with E-state index >= 15 is 0 Å². The summed E-state index contributed by atoms with van der Waals surface area (Å²) < 4.78 is 23.4. The van der Waals surface area contributed by atoms with E-state index < -0.39 is 15.9 Å². The molecule has 1 aromatic heterocycles. The number of aromatic amines is 1. The number of rotatable bonds is 5. The Morgan fingerprint density at radius 2 is 2.09 bits per heavy atom. The molecule has 1 heterocycles. The topological polar surface area (TPSA) is 103 Å².